The van der Waals surface area contributed by atoms with Crippen LogP contribution in [-0.4, -0.2) is 44.3 Å². The van der Waals surface area contributed by atoms with Gasteiger partial charge in [0.1, 0.15) is 5.82 Å². The number of urea groups is 1. The summed E-state index contributed by atoms with van der Waals surface area (Å²) in [7, 11) is 0. The van der Waals surface area contributed by atoms with E-state index in [2.05, 4.69) is 16.0 Å². The maximum Gasteiger partial charge on any atom is 0.315 e. The second-order valence-corrected chi connectivity index (χ2v) is 9.23. The predicted octanol–water partition coefficient (Wildman–Crippen LogP) is 4.18. The molecule has 0 atom stereocenters. The van der Waals surface area contributed by atoms with Crippen LogP contribution in [-0.2, 0) is 14.9 Å². The molecular formula is C25H38FN3O3. The smallest absolute Gasteiger partial charge is 0.315 e. The summed E-state index contributed by atoms with van der Waals surface area (Å²) in [5.41, 5.74) is 0.657. The zero-order valence-electron chi connectivity index (χ0n) is 19.1. The lowest BCUT2D eigenvalue weighted by molar-refractivity contribution is -0.121. The lowest BCUT2D eigenvalue weighted by Crippen LogP contribution is -2.44. The van der Waals surface area contributed by atoms with Gasteiger partial charge >= 0.3 is 6.03 Å². The number of nitrogens with one attached hydrogen (secondary N) is 3. The number of carbonyl (C=O) groups excluding carboxylic acids is 2. The van der Waals surface area contributed by atoms with Gasteiger partial charge in [-0.15, -0.1) is 0 Å². The van der Waals surface area contributed by atoms with E-state index in [1.54, 1.807) is 12.1 Å². The number of hydrogen-bond donors (Lipinski definition) is 3. The Morgan fingerprint density at radius 1 is 1.03 bits per heavy atom. The van der Waals surface area contributed by atoms with Gasteiger partial charge in [0, 0.05) is 44.2 Å². The van der Waals surface area contributed by atoms with Crippen LogP contribution in [0.3, 0.4) is 0 Å². The van der Waals surface area contributed by atoms with Gasteiger partial charge < -0.3 is 20.7 Å². The number of rotatable bonds is 10. The Kier molecular flexibility index (Phi) is 9.78. The molecule has 1 aliphatic carbocycles. The first-order chi connectivity index (χ1) is 15.6. The van der Waals surface area contributed by atoms with Crippen LogP contribution in [0.5, 0.6) is 0 Å². The molecule has 178 valence electrons. The van der Waals surface area contributed by atoms with E-state index >= 15 is 0 Å². The van der Waals surface area contributed by atoms with Crippen LogP contribution in [0.15, 0.2) is 24.3 Å². The van der Waals surface area contributed by atoms with Crippen molar-refractivity contribution in [3.63, 3.8) is 0 Å². The number of amides is 3. The summed E-state index contributed by atoms with van der Waals surface area (Å²) >= 11 is 0. The number of halogens is 1. The first-order valence-corrected chi connectivity index (χ1v) is 12.2. The van der Waals surface area contributed by atoms with Crippen LogP contribution >= 0.6 is 0 Å². The third-order valence-corrected chi connectivity index (χ3v) is 6.82. The molecule has 0 spiro atoms. The SMILES string of the molecule is O=C(CCCCCNC(=O)NC1CCCCC1)NCC1(c2cccc(F)c2)CCOCC1. The van der Waals surface area contributed by atoms with Crippen LogP contribution in [0.1, 0.15) is 76.2 Å². The molecule has 3 amide bonds. The van der Waals surface area contributed by atoms with E-state index in [1.165, 1.54) is 25.3 Å². The molecule has 7 heteroatoms. The fourth-order valence-electron chi connectivity index (χ4n) is 4.78. The fourth-order valence-corrected chi connectivity index (χ4v) is 4.78. The molecular weight excluding hydrogens is 409 g/mol. The fraction of sp³-hybridized carbons (Fsp3) is 0.680. The van der Waals surface area contributed by atoms with Crippen molar-refractivity contribution < 1.29 is 18.7 Å². The van der Waals surface area contributed by atoms with Gasteiger partial charge in [0.05, 0.1) is 0 Å². The Morgan fingerprint density at radius 2 is 1.81 bits per heavy atom. The monoisotopic (exact) mass is 447 g/mol. The molecule has 0 radical (unpaired) electrons. The summed E-state index contributed by atoms with van der Waals surface area (Å²) < 4.78 is 19.3. The Hall–Kier alpha value is -2.15. The molecule has 2 fully saturated rings. The Labute approximate surface area is 191 Å². The van der Waals surface area contributed by atoms with Crippen LogP contribution in [0.25, 0.3) is 0 Å². The zero-order chi connectivity index (χ0) is 22.7. The van der Waals surface area contributed by atoms with E-state index < -0.39 is 0 Å². The minimum absolute atomic E-state index is 0.0234. The summed E-state index contributed by atoms with van der Waals surface area (Å²) in [5, 5.41) is 9.04. The molecule has 1 aliphatic heterocycles. The second kappa shape index (κ2) is 12.8. The maximum atomic E-state index is 13.8. The summed E-state index contributed by atoms with van der Waals surface area (Å²) in [5.74, 6) is -0.226. The number of carbonyl (C=O) groups is 2. The minimum Gasteiger partial charge on any atom is -0.381 e. The molecule has 1 aromatic rings. The van der Waals surface area contributed by atoms with E-state index in [1.807, 2.05) is 6.07 Å². The predicted molar refractivity (Wildman–Crippen MR) is 123 cm³/mol. The summed E-state index contributed by atoms with van der Waals surface area (Å²) in [6, 6.07) is 6.94. The molecule has 1 saturated carbocycles. The average Bonchev–Trinajstić information content (AvgIpc) is 2.81. The molecule has 1 aromatic carbocycles. The number of hydrogen-bond acceptors (Lipinski definition) is 3. The van der Waals surface area contributed by atoms with Crippen molar-refractivity contribution in [2.24, 2.45) is 0 Å². The summed E-state index contributed by atoms with van der Waals surface area (Å²) in [4.78, 5) is 24.3. The molecule has 0 unspecified atom stereocenters. The molecule has 0 bridgehead atoms. The lowest BCUT2D eigenvalue weighted by Gasteiger charge is -2.38. The molecule has 2 aliphatic rings. The van der Waals surface area contributed by atoms with Crippen molar-refractivity contribution in [2.45, 2.75) is 82.1 Å². The molecule has 1 saturated heterocycles. The van der Waals surface area contributed by atoms with E-state index in [0.29, 0.717) is 38.8 Å². The molecule has 1 heterocycles. The van der Waals surface area contributed by atoms with E-state index in [4.69, 9.17) is 4.74 Å². The summed E-state index contributed by atoms with van der Waals surface area (Å²) in [6.45, 7) is 2.37. The average molecular weight is 448 g/mol. The standard InChI is InChI=1S/C25H38FN3O3/c26-21-9-7-8-20(18-21)25(13-16-32-17-14-25)19-28-23(30)12-5-2-6-15-27-24(31)29-22-10-3-1-4-11-22/h7-9,18,22H,1-6,10-17,19H2,(H,28,30)(H2,27,29,31). The molecule has 32 heavy (non-hydrogen) atoms. The van der Waals surface area contributed by atoms with Gasteiger partial charge in [0.2, 0.25) is 5.91 Å². The van der Waals surface area contributed by atoms with Crippen molar-refractivity contribution >= 4 is 11.9 Å². The van der Waals surface area contributed by atoms with Gasteiger partial charge in [-0.1, -0.05) is 37.8 Å². The first-order valence-electron chi connectivity index (χ1n) is 12.2. The van der Waals surface area contributed by atoms with Crippen LogP contribution in [0.4, 0.5) is 9.18 Å². The Bertz CT molecular complexity index is 731. The van der Waals surface area contributed by atoms with E-state index in [9.17, 15) is 14.0 Å². The minimum atomic E-state index is -0.272. The Morgan fingerprint density at radius 3 is 2.56 bits per heavy atom. The highest BCUT2D eigenvalue weighted by atomic mass is 19.1. The van der Waals surface area contributed by atoms with Crippen molar-refractivity contribution in [2.75, 3.05) is 26.3 Å². The van der Waals surface area contributed by atoms with Crippen LogP contribution < -0.4 is 16.0 Å². The quantitative estimate of drug-likeness (QED) is 0.471. The van der Waals surface area contributed by atoms with Gasteiger partial charge in [-0.2, -0.15) is 0 Å². The lowest BCUT2D eigenvalue weighted by atomic mass is 9.74. The van der Waals surface area contributed by atoms with Gasteiger partial charge in [-0.05, 0) is 56.2 Å². The van der Waals surface area contributed by atoms with Gasteiger partial charge in [-0.3, -0.25) is 4.79 Å². The molecule has 3 rings (SSSR count). The molecule has 6 nitrogen and oxygen atoms in total. The Balaban J connectivity index is 1.30. The molecule has 3 N–H and O–H groups in total. The number of ether oxygens (including phenoxy) is 1. The maximum absolute atomic E-state index is 13.8. The third kappa shape index (κ3) is 7.76. The van der Waals surface area contributed by atoms with Gasteiger partial charge in [-0.25, -0.2) is 9.18 Å². The number of unbranched alkanes of at least 4 members (excludes halogenated alkanes) is 2. The van der Waals surface area contributed by atoms with Crippen molar-refractivity contribution in [3.8, 4) is 0 Å². The highest BCUT2D eigenvalue weighted by Crippen LogP contribution is 2.34. The van der Waals surface area contributed by atoms with Gasteiger partial charge in [0.15, 0.2) is 0 Å². The first kappa shape index (κ1) is 24.5. The normalized spacial score (nSPS) is 18.7. The van der Waals surface area contributed by atoms with Crippen molar-refractivity contribution in [1.82, 2.24) is 16.0 Å². The second-order valence-electron chi connectivity index (χ2n) is 9.23. The van der Waals surface area contributed by atoms with Crippen LogP contribution in [0, 0.1) is 5.82 Å². The van der Waals surface area contributed by atoms with E-state index in [0.717, 1.165) is 50.5 Å². The van der Waals surface area contributed by atoms with Crippen molar-refractivity contribution in [1.29, 1.82) is 0 Å². The van der Waals surface area contributed by atoms with Crippen molar-refractivity contribution in [3.05, 3.63) is 35.6 Å². The molecule has 0 aromatic heterocycles. The van der Waals surface area contributed by atoms with E-state index in [-0.39, 0.29) is 23.2 Å². The largest absolute Gasteiger partial charge is 0.381 e. The zero-order valence-corrected chi connectivity index (χ0v) is 19.1. The summed E-state index contributed by atoms with van der Waals surface area (Å²) in [6.07, 6.45) is 10.4. The topological polar surface area (TPSA) is 79.5 Å². The van der Waals surface area contributed by atoms with Gasteiger partial charge in [0.25, 0.3) is 0 Å². The highest BCUT2D eigenvalue weighted by Gasteiger charge is 2.35. The third-order valence-electron chi connectivity index (χ3n) is 6.82. The number of benzene rings is 1. The highest BCUT2D eigenvalue weighted by molar-refractivity contribution is 5.76. The van der Waals surface area contributed by atoms with Crippen LogP contribution in [0.2, 0.25) is 0 Å².